The average molecular weight is 378 g/mol. The molecule has 0 fully saturated rings. The molecule has 1 N–H and O–H groups in total. The first-order valence-corrected chi connectivity index (χ1v) is 8.31. The monoisotopic (exact) mass is 377 g/mol. The van der Waals surface area contributed by atoms with Crippen molar-refractivity contribution >= 4 is 27.5 Å². The Kier molecular flexibility index (Phi) is 6.04. The van der Waals surface area contributed by atoms with Gasteiger partial charge in [0.05, 0.1) is 13.2 Å². The number of halogens is 1. The van der Waals surface area contributed by atoms with Gasteiger partial charge in [-0.1, -0.05) is 17.7 Å². The van der Waals surface area contributed by atoms with E-state index in [1.54, 1.807) is 12.1 Å². The highest BCUT2D eigenvalue weighted by Crippen LogP contribution is 2.36. The SMILES string of the molecule is CCOc1cc(C(=O)Nc2ccc(C)cc2)cc(OCC)c1Br. The lowest BCUT2D eigenvalue weighted by molar-refractivity contribution is 0.102. The van der Waals surface area contributed by atoms with E-state index < -0.39 is 0 Å². The first-order chi connectivity index (χ1) is 11.0. The Morgan fingerprint density at radius 1 is 1.04 bits per heavy atom. The molecule has 2 aromatic rings. The van der Waals surface area contributed by atoms with Gasteiger partial charge < -0.3 is 14.8 Å². The van der Waals surface area contributed by atoms with Crippen molar-refractivity contribution in [2.75, 3.05) is 18.5 Å². The number of rotatable bonds is 6. The van der Waals surface area contributed by atoms with Crippen LogP contribution in [0, 0.1) is 6.92 Å². The summed E-state index contributed by atoms with van der Waals surface area (Å²) < 4.78 is 11.9. The van der Waals surface area contributed by atoms with Gasteiger partial charge in [0.1, 0.15) is 16.0 Å². The first-order valence-electron chi connectivity index (χ1n) is 7.52. The number of amides is 1. The minimum absolute atomic E-state index is 0.205. The van der Waals surface area contributed by atoms with Crippen molar-refractivity contribution in [3.63, 3.8) is 0 Å². The summed E-state index contributed by atoms with van der Waals surface area (Å²) in [5.41, 5.74) is 2.38. The smallest absolute Gasteiger partial charge is 0.255 e. The second kappa shape index (κ2) is 8.02. The van der Waals surface area contributed by atoms with E-state index >= 15 is 0 Å². The summed E-state index contributed by atoms with van der Waals surface area (Å²) in [7, 11) is 0. The third-order valence-electron chi connectivity index (χ3n) is 3.18. The maximum Gasteiger partial charge on any atom is 0.255 e. The fourth-order valence-electron chi connectivity index (χ4n) is 2.06. The Hall–Kier alpha value is -2.01. The van der Waals surface area contributed by atoms with Gasteiger partial charge in [0.15, 0.2) is 0 Å². The Balaban J connectivity index is 2.29. The zero-order chi connectivity index (χ0) is 16.8. The Morgan fingerprint density at radius 2 is 1.57 bits per heavy atom. The lowest BCUT2D eigenvalue weighted by atomic mass is 10.1. The van der Waals surface area contributed by atoms with Gasteiger partial charge in [-0.2, -0.15) is 0 Å². The largest absolute Gasteiger partial charge is 0.493 e. The van der Waals surface area contributed by atoms with Gasteiger partial charge >= 0.3 is 0 Å². The van der Waals surface area contributed by atoms with Gasteiger partial charge in [-0.3, -0.25) is 4.79 Å². The van der Waals surface area contributed by atoms with Crippen molar-refractivity contribution in [1.29, 1.82) is 0 Å². The molecule has 0 spiro atoms. The van der Waals surface area contributed by atoms with E-state index in [0.29, 0.717) is 34.7 Å². The summed E-state index contributed by atoms with van der Waals surface area (Å²) in [6.07, 6.45) is 0. The predicted molar refractivity (Wildman–Crippen MR) is 95.6 cm³/mol. The number of hydrogen-bond acceptors (Lipinski definition) is 3. The molecule has 0 unspecified atom stereocenters. The number of anilines is 1. The summed E-state index contributed by atoms with van der Waals surface area (Å²) in [6, 6.07) is 11.1. The summed E-state index contributed by atoms with van der Waals surface area (Å²) in [5.74, 6) is 0.975. The second-order valence-corrected chi connectivity index (χ2v) is 5.77. The molecular weight excluding hydrogens is 358 g/mol. The molecule has 0 radical (unpaired) electrons. The Morgan fingerprint density at radius 3 is 2.04 bits per heavy atom. The Bertz CT molecular complexity index is 656. The fourth-order valence-corrected chi connectivity index (χ4v) is 2.52. The number of ether oxygens (including phenoxy) is 2. The number of carbonyl (C=O) groups is 1. The van der Waals surface area contributed by atoms with Gasteiger partial charge in [-0.05, 0) is 61.0 Å². The van der Waals surface area contributed by atoms with Crippen LogP contribution in [0.3, 0.4) is 0 Å². The van der Waals surface area contributed by atoms with E-state index in [0.717, 1.165) is 11.3 Å². The predicted octanol–water partition coefficient (Wildman–Crippen LogP) is 4.81. The molecule has 0 aliphatic rings. The lowest BCUT2D eigenvalue weighted by Gasteiger charge is -2.14. The van der Waals surface area contributed by atoms with E-state index in [2.05, 4.69) is 21.2 Å². The van der Waals surface area contributed by atoms with Crippen molar-refractivity contribution in [1.82, 2.24) is 0 Å². The minimum Gasteiger partial charge on any atom is -0.493 e. The van der Waals surface area contributed by atoms with E-state index in [4.69, 9.17) is 9.47 Å². The van der Waals surface area contributed by atoms with E-state index in [9.17, 15) is 4.79 Å². The fraction of sp³-hybridized carbons (Fsp3) is 0.278. The molecular formula is C18H20BrNO3. The van der Waals surface area contributed by atoms with Crippen LogP contribution >= 0.6 is 15.9 Å². The molecule has 0 saturated carbocycles. The van der Waals surface area contributed by atoms with Crippen molar-refractivity contribution in [3.05, 3.63) is 52.0 Å². The molecule has 23 heavy (non-hydrogen) atoms. The average Bonchev–Trinajstić information content (AvgIpc) is 2.53. The highest BCUT2D eigenvalue weighted by Gasteiger charge is 2.15. The second-order valence-electron chi connectivity index (χ2n) is 4.97. The van der Waals surface area contributed by atoms with Gasteiger partial charge in [0, 0.05) is 11.3 Å². The number of carbonyl (C=O) groups excluding carboxylic acids is 1. The number of nitrogens with one attached hydrogen (secondary N) is 1. The van der Waals surface area contributed by atoms with Crippen LogP contribution in [-0.4, -0.2) is 19.1 Å². The third kappa shape index (κ3) is 4.48. The lowest BCUT2D eigenvalue weighted by Crippen LogP contribution is -2.12. The third-order valence-corrected chi connectivity index (χ3v) is 3.96. The molecule has 0 heterocycles. The maximum absolute atomic E-state index is 12.5. The molecule has 0 aliphatic carbocycles. The summed E-state index contributed by atoms with van der Waals surface area (Å²) in [5, 5.41) is 2.88. The number of benzene rings is 2. The molecule has 2 rings (SSSR count). The molecule has 0 saturated heterocycles. The molecule has 0 atom stereocenters. The topological polar surface area (TPSA) is 47.6 Å². The molecule has 2 aromatic carbocycles. The van der Waals surface area contributed by atoms with Crippen LogP contribution in [0.25, 0.3) is 0 Å². The van der Waals surface area contributed by atoms with Crippen molar-refractivity contribution in [2.24, 2.45) is 0 Å². The summed E-state index contributed by atoms with van der Waals surface area (Å²) in [4.78, 5) is 12.5. The molecule has 4 nitrogen and oxygen atoms in total. The van der Waals surface area contributed by atoms with Crippen molar-refractivity contribution in [2.45, 2.75) is 20.8 Å². The number of hydrogen-bond donors (Lipinski definition) is 1. The van der Waals surface area contributed by atoms with Gasteiger partial charge in [0.25, 0.3) is 5.91 Å². The van der Waals surface area contributed by atoms with Crippen LogP contribution in [-0.2, 0) is 0 Å². The first kappa shape index (κ1) is 17.3. The molecule has 0 aromatic heterocycles. The highest BCUT2D eigenvalue weighted by atomic mass is 79.9. The van der Waals surface area contributed by atoms with Crippen LogP contribution in [0.5, 0.6) is 11.5 Å². The molecule has 0 aliphatic heterocycles. The van der Waals surface area contributed by atoms with Gasteiger partial charge in [-0.15, -0.1) is 0 Å². The molecule has 5 heteroatoms. The van der Waals surface area contributed by atoms with E-state index in [-0.39, 0.29) is 5.91 Å². The quantitative estimate of drug-likeness (QED) is 0.785. The van der Waals surface area contributed by atoms with Crippen LogP contribution in [0.15, 0.2) is 40.9 Å². The molecule has 1 amide bonds. The minimum atomic E-state index is -0.205. The standard InChI is InChI=1S/C18H20BrNO3/c1-4-22-15-10-13(11-16(17(15)19)23-5-2)18(21)20-14-8-6-12(3)7-9-14/h6-11H,4-5H2,1-3H3,(H,20,21). The zero-order valence-electron chi connectivity index (χ0n) is 13.5. The Labute approximate surface area is 144 Å². The number of aryl methyl sites for hydroxylation is 1. The van der Waals surface area contributed by atoms with Crippen LogP contribution in [0.1, 0.15) is 29.8 Å². The zero-order valence-corrected chi connectivity index (χ0v) is 15.1. The molecule has 122 valence electrons. The van der Waals surface area contributed by atoms with Crippen LogP contribution < -0.4 is 14.8 Å². The highest BCUT2D eigenvalue weighted by molar-refractivity contribution is 9.10. The van der Waals surface area contributed by atoms with Crippen molar-refractivity contribution in [3.8, 4) is 11.5 Å². The van der Waals surface area contributed by atoms with E-state index in [1.165, 1.54) is 0 Å². The van der Waals surface area contributed by atoms with Gasteiger partial charge in [-0.25, -0.2) is 0 Å². The van der Waals surface area contributed by atoms with Gasteiger partial charge in [0.2, 0.25) is 0 Å². The van der Waals surface area contributed by atoms with Crippen molar-refractivity contribution < 1.29 is 14.3 Å². The summed E-state index contributed by atoms with van der Waals surface area (Å²) >= 11 is 3.46. The maximum atomic E-state index is 12.5. The van der Waals surface area contributed by atoms with Crippen LogP contribution in [0.4, 0.5) is 5.69 Å². The molecule has 0 bridgehead atoms. The van der Waals surface area contributed by atoms with Crippen LogP contribution in [0.2, 0.25) is 0 Å². The summed E-state index contributed by atoms with van der Waals surface area (Å²) in [6.45, 7) is 6.81. The van der Waals surface area contributed by atoms with E-state index in [1.807, 2.05) is 45.0 Å². The normalized spacial score (nSPS) is 10.3.